The zero-order valence-electron chi connectivity index (χ0n) is 28.7. The topological polar surface area (TPSA) is 218 Å². The van der Waals surface area contributed by atoms with E-state index in [0.717, 1.165) is 27.8 Å². The van der Waals surface area contributed by atoms with E-state index in [2.05, 4.69) is 28.8 Å². The lowest BCUT2D eigenvalue weighted by atomic mass is 9.98. The van der Waals surface area contributed by atoms with Crippen LogP contribution in [-0.4, -0.2) is 66.9 Å². The lowest BCUT2D eigenvalue weighted by Gasteiger charge is -2.06. The second-order valence-electron chi connectivity index (χ2n) is 11.7. The summed E-state index contributed by atoms with van der Waals surface area (Å²) >= 11 is 0. The van der Waals surface area contributed by atoms with Crippen molar-refractivity contribution in [3.8, 4) is 0 Å². The number of aromatic nitrogens is 1. The van der Waals surface area contributed by atoms with Crippen LogP contribution in [0.4, 0.5) is 0 Å². The largest absolute Gasteiger partial charge is 0.481 e. The van der Waals surface area contributed by atoms with E-state index in [9.17, 15) is 34.2 Å². The van der Waals surface area contributed by atoms with Gasteiger partial charge in [0.05, 0.1) is 17.1 Å². The average Bonchev–Trinajstić information content (AvgIpc) is 3.70. The lowest BCUT2D eigenvalue weighted by molar-refractivity contribution is -0.146. The van der Waals surface area contributed by atoms with Crippen LogP contribution in [-0.2, 0) is 30.4 Å². The van der Waals surface area contributed by atoms with Gasteiger partial charge in [0.15, 0.2) is 6.10 Å². The molecule has 0 fully saturated rings. The molecule has 13 nitrogen and oxygen atoms in total. The molecule has 1 aromatic rings. The number of hydrogen-bond acceptors (Lipinski definition) is 7. The van der Waals surface area contributed by atoms with Gasteiger partial charge in [-0.3, -0.25) is 19.2 Å². The van der Waals surface area contributed by atoms with E-state index in [0.29, 0.717) is 50.9 Å². The number of aliphatic hydroxyl groups is 1. The number of hydrogen-bond donors (Lipinski definition) is 7. The number of rotatable bonds is 13. The summed E-state index contributed by atoms with van der Waals surface area (Å²) in [4.78, 5) is 65.4. The van der Waals surface area contributed by atoms with Gasteiger partial charge in [0.25, 0.3) is 11.8 Å². The van der Waals surface area contributed by atoms with Gasteiger partial charge in [-0.05, 0) is 93.0 Å². The van der Waals surface area contributed by atoms with Crippen LogP contribution >= 0.6 is 0 Å². The minimum absolute atomic E-state index is 0.100. The SMILES string of the molecule is C=CC1=C(C)/C(=C/C2=NC(=C\c3[nH]c(/C=C4\NC(=O)C(C)=C4C=C)c(C)c3CCC(=O)O)/C(CCC(=O)O)=C2C)NC1=O.CCC(O)C(=O)O. The lowest BCUT2D eigenvalue weighted by Crippen LogP contribution is -2.17. The highest BCUT2D eigenvalue weighted by molar-refractivity contribution is 6.14. The third-order valence-corrected chi connectivity index (χ3v) is 8.53. The minimum atomic E-state index is -1.18. The maximum absolute atomic E-state index is 12.3. The molecule has 50 heavy (non-hydrogen) atoms. The summed E-state index contributed by atoms with van der Waals surface area (Å²) in [6.45, 7) is 16.4. The zero-order chi connectivity index (χ0) is 37.4. The van der Waals surface area contributed by atoms with Gasteiger partial charge in [-0.2, -0.15) is 0 Å². The van der Waals surface area contributed by atoms with Crippen LogP contribution < -0.4 is 10.6 Å². The monoisotopic (exact) mass is 686 g/mol. The smallest absolute Gasteiger partial charge is 0.332 e. The molecule has 3 aliphatic heterocycles. The molecular formula is C37H42N4O9. The molecule has 2 amide bonds. The number of carboxylic acid groups (broad SMARTS) is 3. The molecule has 0 spiro atoms. The number of aromatic amines is 1. The van der Waals surface area contributed by atoms with Crippen molar-refractivity contribution in [1.82, 2.24) is 15.6 Å². The molecule has 1 atom stereocenters. The van der Waals surface area contributed by atoms with Crippen molar-refractivity contribution in [2.24, 2.45) is 4.99 Å². The Kier molecular flexibility index (Phi) is 12.8. The van der Waals surface area contributed by atoms with E-state index in [1.807, 2.05) is 20.8 Å². The Morgan fingerprint density at radius 1 is 0.780 bits per heavy atom. The first-order chi connectivity index (χ1) is 23.5. The van der Waals surface area contributed by atoms with Gasteiger partial charge < -0.3 is 36.0 Å². The van der Waals surface area contributed by atoms with Crippen LogP contribution in [0.1, 0.15) is 75.9 Å². The molecule has 264 valence electrons. The summed E-state index contributed by atoms with van der Waals surface area (Å²) in [5.74, 6) is -3.51. The second kappa shape index (κ2) is 16.5. The Balaban J connectivity index is 0.000000872. The van der Waals surface area contributed by atoms with E-state index in [-0.39, 0.29) is 43.9 Å². The van der Waals surface area contributed by atoms with E-state index >= 15 is 0 Å². The van der Waals surface area contributed by atoms with Crippen molar-refractivity contribution >= 4 is 47.6 Å². The molecule has 0 radical (unpaired) electrons. The van der Waals surface area contributed by atoms with Crippen LogP contribution in [0.15, 0.2) is 86.9 Å². The zero-order valence-corrected chi connectivity index (χ0v) is 28.7. The van der Waals surface area contributed by atoms with Crippen molar-refractivity contribution in [3.63, 3.8) is 0 Å². The normalized spacial score (nSPS) is 18.8. The maximum Gasteiger partial charge on any atom is 0.332 e. The molecule has 0 bridgehead atoms. The molecule has 1 aromatic heterocycles. The second-order valence-corrected chi connectivity index (χ2v) is 11.7. The predicted octanol–water partition coefficient (Wildman–Crippen LogP) is 4.65. The quantitative estimate of drug-likeness (QED) is 0.153. The number of amides is 2. The standard InChI is InChI=1S/C33H34N4O6.C4H8O3/c1-7-20-19(6)32(42)37-27(20)14-25-18(5)23(10-12-31(40)41)29(35-25)15-28-22(9-11-30(38)39)17(4)24(34-28)13-26-16(3)21(8-2)33(43)36-26;1-2-3(5)4(6)7/h7-8,13-15,35H,1-2,9-12H2,3-6H3,(H,36,43)(H,37,42)(H,38,39)(H,40,41);3,5H,2H2,1H3,(H,6,7)/b26-13-,27-14-,28-15-;. The number of H-pyrrole nitrogens is 1. The van der Waals surface area contributed by atoms with Crippen LogP contribution in [0.2, 0.25) is 0 Å². The number of carbonyl (C=O) groups is 5. The Morgan fingerprint density at radius 2 is 1.38 bits per heavy atom. The fourth-order valence-electron chi connectivity index (χ4n) is 5.50. The van der Waals surface area contributed by atoms with Gasteiger partial charge in [0, 0.05) is 46.6 Å². The summed E-state index contributed by atoms with van der Waals surface area (Å²) in [6, 6.07) is 0. The number of aliphatic carboxylic acids is 3. The first-order valence-corrected chi connectivity index (χ1v) is 15.8. The highest BCUT2D eigenvalue weighted by atomic mass is 16.4. The van der Waals surface area contributed by atoms with Crippen LogP contribution in [0, 0.1) is 6.92 Å². The average molecular weight is 687 g/mol. The molecule has 3 aliphatic rings. The van der Waals surface area contributed by atoms with Crippen molar-refractivity contribution in [3.05, 3.63) is 104 Å². The third kappa shape index (κ3) is 8.80. The van der Waals surface area contributed by atoms with Gasteiger partial charge in [-0.15, -0.1) is 0 Å². The van der Waals surface area contributed by atoms with Crippen molar-refractivity contribution in [2.45, 2.75) is 72.8 Å². The number of nitrogens with one attached hydrogen (secondary N) is 3. The third-order valence-electron chi connectivity index (χ3n) is 8.53. The highest BCUT2D eigenvalue weighted by Gasteiger charge is 2.27. The Morgan fingerprint density at radius 3 is 1.90 bits per heavy atom. The molecule has 0 saturated heterocycles. The molecule has 13 heteroatoms. The Labute approximate surface area is 289 Å². The molecule has 4 heterocycles. The summed E-state index contributed by atoms with van der Waals surface area (Å²) in [7, 11) is 0. The first kappa shape index (κ1) is 38.6. The van der Waals surface area contributed by atoms with Gasteiger partial charge in [-0.25, -0.2) is 9.79 Å². The molecule has 4 rings (SSSR count). The maximum atomic E-state index is 12.3. The Hall–Kier alpha value is -5.82. The van der Waals surface area contributed by atoms with Crippen molar-refractivity contribution in [1.29, 1.82) is 0 Å². The number of nitrogens with zero attached hydrogens (tertiary/aromatic N) is 1. The molecule has 0 aromatic carbocycles. The molecular weight excluding hydrogens is 644 g/mol. The number of aliphatic hydroxyl groups excluding tert-OH is 1. The summed E-state index contributed by atoms with van der Waals surface area (Å²) in [5, 5.41) is 40.8. The van der Waals surface area contributed by atoms with E-state index in [1.54, 1.807) is 38.2 Å². The summed E-state index contributed by atoms with van der Waals surface area (Å²) in [6.07, 6.45) is 7.81. The number of carbonyl (C=O) groups excluding carboxylic acids is 2. The van der Waals surface area contributed by atoms with Crippen molar-refractivity contribution < 1.29 is 44.4 Å². The number of carboxylic acids is 3. The molecule has 0 saturated carbocycles. The summed E-state index contributed by atoms with van der Waals surface area (Å²) < 4.78 is 0. The van der Waals surface area contributed by atoms with Crippen LogP contribution in [0.25, 0.3) is 12.2 Å². The fourth-order valence-corrected chi connectivity index (χ4v) is 5.50. The van der Waals surface area contributed by atoms with Gasteiger partial charge in [0.2, 0.25) is 0 Å². The predicted molar refractivity (Wildman–Crippen MR) is 189 cm³/mol. The molecule has 0 aliphatic carbocycles. The molecule has 7 N–H and O–H groups in total. The van der Waals surface area contributed by atoms with Gasteiger partial charge in [-0.1, -0.05) is 32.2 Å². The van der Waals surface area contributed by atoms with E-state index in [1.165, 1.54) is 6.08 Å². The first-order valence-electron chi connectivity index (χ1n) is 15.8. The highest BCUT2D eigenvalue weighted by Crippen LogP contribution is 2.35. The van der Waals surface area contributed by atoms with E-state index in [4.69, 9.17) is 15.2 Å². The van der Waals surface area contributed by atoms with Crippen LogP contribution in [0.3, 0.4) is 0 Å². The minimum Gasteiger partial charge on any atom is -0.481 e. The van der Waals surface area contributed by atoms with E-state index < -0.39 is 24.0 Å². The van der Waals surface area contributed by atoms with Crippen LogP contribution in [0.5, 0.6) is 0 Å². The summed E-state index contributed by atoms with van der Waals surface area (Å²) in [5.41, 5.74) is 9.11. The number of allylic oxidation sites excluding steroid dienone is 5. The molecule has 1 unspecified atom stereocenters. The van der Waals surface area contributed by atoms with Gasteiger partial charge in [0.1, 0.15) is 0 Å². The Bertz CT molecular complexity index is 1890. The van der Waals surface area contributed by atoms with Crippen molar-refractivity contribution in [2.75, 3.05) is 0 Å². The van der Waals surface area contributed by atoms with Gasteiger partial charge >= 0.3 is 17.9 Å². The number of aliphatic imine (C=N–C) groups is 1. The fraction of sp³-hybridized carbons (Fsp3) is 0.297.